The average Bonchev–Trinajstić information content (AvgIpc) is 2.39. The fourth-order valence-corrected chi connectivity index (χ4v) is 2.80. The van der Waals surface area contributed by atoms with Gasteiger partial charge in [0.25, 0.3) is 5.91 Å². The van der Waals surface area contributed by atoms with Crippen LogP contribution in [0, 0.1) is 11.7 Å². The van der Waals surface area contributed by atoms with E-state index in [1.54, 1.807) is 6.07 Å². The number of carbonyl (C=O) groups is 1. The van der Waals surface area contributed by atoms with Crippen LogP contribution in [0.5, 0.6) is 0 Å². The summed E-state index contributed by atoms with van der Waals surface area (Å²) in [4.78, 5) is 14.2. The molecule has 0 spiro atoms. The molecule has 1 aliphatic heterocycles. The van der Waals surface area contributed by atoms with Crippen LogP contribution in [0.2, 0.25) is 0 Å². The summed E-state index contributed by atoms with van der Waals surface area (Å²) in [6, 6.07) is 4.40. The van der Waals surface area contributed by atoms with Crippen LogP contribution in [0.1, 0.15) is 23.2 Å². The number of hydrogen-bond donors (Lipinski definition) is 1. The van der Waals surface area contributed by atoms with Gasteiger partial charge in [-0.25, -0.2) is 4.39 Å². The molecule has 0 bridgehead atoms. The fraction of sp³-hybridized carbons (Fsp3) is 0.500. The van der Waals surface area contributed by atoms with Crippen molar-refractivity contribution in [2.24, 2.45) is 5.92 Å². The largest absolute Gasteiger partial charge is 0.352 e. The SMILES string of the molecule is CN1CCCC(CNC(=O)c2cc(Br)ccc2F)C1. The predicted molar refractivity (Wildman–Crippen MR) is 76.7 cm³/mol. The van der Waals surface area contributed by atoms with E-state index in [4.69, 9.17) is 0 Å². The van der Waals surface area contributed by atoms with E-state index in [1.807, 2.05) is 0 Å². The molecule has 1 aromatic rings. The van der Waals surface area contributed by atoms with Gasteiger partial charge in [0.15, 0.2) is 0 Å². The molecule has 1 fully saturated rings. The van der Waals surface area contributed by atoms with Gasteiger partial charge in [-0.05, 0) is 50.6 Å². The number of piperidine rings is 1. The highest BCUT2D eigenvalue weighted by Gasteiger charge is 2.19. The van der Waals surface area contributed by atoms with E-state index in [-0.39, 0.29) is 11.5 Å². The number of rotatable bonds is 3. The molecule has 1 heterocycles. The zero-order valence-electron chi connectivity index (χ0n) is 11.0. The lowest BCUT2D eigenvalue weighted by Crippen LogP contribution is -2.39. The molecular weight excluding hydrogens is 311 g/mol. The molecule has 2 rings (SSSR count). The topological polar surface area (TPSA) is 32.3 Å². The minimum absolute atomic E-state index is 0.0959. The van der Waals surface area contributed by atoms with Gasteiger partial charge >= 0.3 is 0 Å². The molecule has 1 saturated heterocycles. The minimum atomic E-state index is -0.485. The Bertz CT molecular complexity index is 467. The Balaban J connectivity index is 1.92. The zero-order chi connectivity index (χ0) is 13.8. The normalized spacial score (nSPS) is 20.3. The highest BCUT2D eigenvalue weighted by atomic mass is 79.9. The molecule has 1 aromatic carbocycles. The summed E-state index contributed by atoms with van der Waals surface area (Å²) in [7, 11) is 2.09. The second-order valence-corrected chi connectivity index (χ2v) is 6.02. The third-order valence-corrected chi connectivity index (χ3v) is 3.94. The van der Waals surface area contributed by atoms with Crippen molar-refractivity contribution in [1.29, 1.82) is 0 Å². The molecule has 1 amide bonds. The quantitative estimate of drug-likeness (QED) is 0.925. The lowest BCUT2D eigenvalue weighted by atomic mass is 9.98. The van der Waals surface area contributed by atoms with Gasteiger partial charge in [-0.2, -0.15) is 0 Å². The van der Waals surface area contributed by atoms with E-state index in [1.165, 1.54) is 12.1 Å². The Kier molecular flexibility index (Phi) is 4.93. The molecule has 104 valence electrons. The van der Waals surface area contributed by atoms with Gasteiger partial charge in [0.1, 0.15) is 5.82 Å². The maximum atomic E-state index is 13.6. The Hall–Kier alpha value is -0.940. The highest BCUT2D eigenvalue weighted by Crippen LogP contribution is 2.17. The molecule has 0 aromatic heterocycles. The highest BCUT2D eigenvalue weighted by molar-refractivity contribution is 9.10. The average molecular weight is 329 g/mol. The van der Waals surface area contributed by atoms with Crippen molar-refractivity contribution in [3.05, 3.63) is 34.1 Å². The van der Waals surface area contributed by atoms with Crippen LogP contribution in [0.4, 0.5) is 4.39 Å². The summed E-state index contributed by atoms with van der Waals surface area (Å²) in [6.45, 7) is 2.71. The van der Waals surface area contributed by atoms with Crippen molar-refractivity contribution >= 4 is 21.8 Å². The van der Waals surface area contributed by atoms with Gasteiger partial charge < -0.3 is 10.2 Å². The van der Waals surface area contributed by atoms with Gasteiger partial charge in [0.05, 0.1) is 5.56 Å². The number of nitrogens with one attached hydrogen (secondary N) is 1. The summed E-state index contributed by atoms with van der Waals surface area (Å²) < 4.78 is 14.3. The molecule has 1 atom stereocenters. The number of hydrogen-bond acceptors (Lipinski definition) is 2. The number of nitrogens with zero attached hydrogens (tertiary/aromatic N) is 1. The first-order valence-corrected chi connectivity index (χ1v) is 7.27. The Labute approximate surface area is 121 Å². The lowest BCUT2D eigenvalue weighted by molar-refractivity contribution is 0.0932. The summed E-state index contributed by atoms with van der Waals surface area (Å²) in [5.74, 6) is -0.369. The molecule has 0 saturated carbocycles. The predicted octanol–water partition coefficient (Wildman–Crippen LogP) is 2.66. The summed E-state index contributed by atoms with van der Waals surface area (Å²) in [6.07, 6.45) is 2.27. The van der Waals surface area contributed by atoms with Gasteiger partial charge in [-0.1, -0.05) is 15.9 Å². The zero-order valence-corrected chi connectivity index (χ0v) is 12.5. The number of benzene rings is 1. The molecule has 1 N–H and O–H groups in total. The van der Waals surface area contributed by atoms with Crippen LogP contribution < -0.4 is 5.32 Å². The maximum absolute atomic E-state index is 13.6. The summed E-state index contributed by atoms with van der Waals surface area (Å²) in [5.41, 5.74) is 0.0959. The van der Waals surface area contributed by atoms with Crippen LogP contribution in [0.15, 0.2) is 22.7 Å². The number of halogens is 2. The third-order valence-electron chi connectivity index (χ3n) is 3.45. The number of carbonyl (C=O) groups excluding carboxylic acids is 1. The van der Waals surface area contributed by atoms with E-state index in [2.05, 4.69) is 33.2 Å². The van der Waals surface area contributed by atoms with Crippen molar-refractivity contribution in [2.45, 2.75) is 12.8 Å². The number of amides is 1. The van der Waals surface area contributed by atoms with Crippen molar-refractivity contribution < 1.29 is 9.18 Å². The fourth-order valence-electron chi connectivity index (χ4n) is 2.44. The summed E-state index contributed by atoms with van der Waals surface area (Å²) >= 11 is 3.25. The first-order chi connectivity index (χ1) is 9.06. The first-order valence-electron chi connectivity index (χ1n) is 6.48. The maximum Gasteiger partial charge on any atom is 0.254 e. The van der Waals surface area contributed by atoms with Crippen molar-refractivity contribution in [3.63, 3.8) is 0 Å². The van der Waals surface area contributed by atoms with Crippen molar-refractivity contribution in [3.8, 4) is 0 Å². The van der Waals surface area contributed by atoms with Crippen LogP contribution in [-0.2, 0) is 0 Å². The van der Waals surface area contributed by atoms with E-state index < -0.39 is 5.82 Å². The van der Waals surface area contributed by atoms with Gasteiger partial charge in [0, 0.05) is 17.6 Å². The molecule has 19 heavy (non-hydrogen) atoms. The molecule has 5 heteroatoms. The molecular formula is C14H18BrFN2O. The van der Waals surface area contributed by atoms with Gasteiger partial charge in [-0.3, -0.25) is 4.79 Å². The van der Waals surface area contributed by atoms with Gasteiger partial charge in [-0.15, -0.1) is 0 Å². The molecule has 1 aliphatic rings. The van der Waals surface area contributed by atoms with E-state index in [9.17, 15) is 9.18 Å². The molecule has 3 nitrogen and oxygen atoms in total. The van der Waals surface area contributed by atoms with E-state index in [0.29, 0.717) is 16.9 Å². The minimum Gasteiger partial charge on any atom is -0.352 e. The van der Waals surface area contributed by atoms with Gasteiger partial charge in [0.2, 0.25) is 0 Å². The summed E-state index contributed by atoms with van der Waals surface area (Å²) in [5, 5.41) is 2.83. The van der Waals surface area contributed by atoms with E-state index >= 15 is 0 Å². The first kappa shape index (κ1) is 14.5. The third kappa shape index (κ3) is 4.01. The van der Waals surface area contributed by atoms with Crippen molar-refractivity contribution in [2.75, 3.05) is 26.7 Å². The Morgan fingerprint density at radius 1 is 1.58 bits per heavy atom. The van der Waals surface area contributed by atoms with Crippen LogP contribution >= 0.6 is 15.9 Å². The molecule has 0 aliphatic carbocycles. The Morgan fingerprint density at radius 3 is 3.11 bits per heavy atom. The smallest absolute Gasteiger partial charge is 0.254 e. The second-order valence-electron chi connectivity index (χ2n) is 5.10. The van der Waals surface area contributed by atoms with E-state index in [0.717, 1.165) is 25.9 Å². The molecule has 0 radical (unpaired) electrons. The Morgan fingerprint density at radius 2 is 2.37 bits per heavy atom. The number of likely N-dealkylation sites (tertiary alicyclic amines) is 1. The lowest BCUT2D eigenvalue weighted by Gasteiger charge is -2.29. The van der Waals surface area contributed by atoms with Crippen LogP contribution in [-0.4, -0.2) is 37.5 Å². The second kappa shape index (κ2) is 6.48. The standard InChI is InChI=1S/C14H18BrFN2O/c1-18-6-2-3-10(9-18)8-17-14(19)12-7-11(15)4-5-13(12)16/h4-5,7,10H,2-3,6,8-9H2,1H3,(H,17,19). The van der Waals surface area contributed by atoms with Crippen LogP contribution in [0.25, 0.3) is 0 Å². The monoisotopic (exact) mass is 328 g/mol. The van der Waals surface area contributed by atoms with Crippen LogP contribution in [0.3, 0.4) is 0 Å². The molecule has 1 unspecified atom stereocenters. The van der Waals surface area contributed by atoms with Crippen molar-refractivity contribution in [1.82, 2.24) is 10.2 Å².